The Bertz CT molecular complexity index is 1050. The number of hydrogen-bond donors (Lipinski definition) is 2. The van der Waals surface area contributed by atoms with Crippen LogP contribution in [0.2, 0.25) is 0 Å². The maximum atomic E-state index is 12.9. The molecule has 0 aliphatic heterocycles. The summed E-state index contributed by atoms with van der Waals surface area (Å²) in [5.74, 6) is 0.109. The molecule has 156 valence electrons. The minimum absolute atomic E-state index is 0.234. The number of fused-ring (bicyclic) bond motifs is 1. The third-order valence-electron chi connectivity index (χ3n) is 4.58. The third-order valence-corrected chi connectivity index (χ3v) is 4.58. The van der Waals surface area contributed by atoms with E-state index in [9.17, 15) is 9.59 Å². The molecule has 0 heterocycles. The highest BCUT2D eigenvalue weighted by Crippen LogP contribution is 2.23. The second kappa shape index (κ2) is 8.99. The smallest absolute Gasteiger partial charge is 0.265 e. The van der Waals surface area contributed by atoms with E-state index in [4.69, 9.17) is 4.74 Å². The monoisotopic (exact) mass is 404 g/mol. The summed E-state index contributed by atoms with van der Waals surface area (Å²) < 4.78 is 5.97. The molecule has 0 radical (unpaired) electrons. The van der Waals surface area contributed by atoms with Crippen molar-refractivity contribution < 1.29 is 14.3 Å². The largest absolute Gasteiger partial charge is 0.481 e. The molecular weight excluding hydrogens is 376 g/mol. The lowest BCUT2D eigenvalue weighted by molar-refractivity contribution is -0.122. The minimum atomic E-state index is -0.676. The molecule has 0 spiro atoms. The van der Waals surface area contributed by atoms with E-state index in [2.05, 4.69) is 10.6 Å². The Morgan fingerprint density at radius 3 is 2.30 bits per heavy atom. The standard InChI is InChI=1S/C25H28N2O3/c1-5-22(30-19-15-14-17-10-6-7-11-18(17)16-19)24(29)26-21-13-9-8-12-20(21)23(28)27-25(2,3)4/h6-16,22H,5H2,1-4H3,(H,26,29)(H,27,28)/t22-/m1/s1. The Morgan fingerprint density at radius 2 is 1.60 bits per heavy atom. The molecule has 0 saturated heterocycles. The van der Waals surface area contributed by atoms with Gasteiger partial charge in [-0.2, -0.15) is 0 Å². The summed E-state index contributed by atoms with van der Waals surface area (Å²) in [4.78, 5) is 25.5. The number of rotatable bonds is 6. The molecule has 0 unspecified atom stereocenters. The van der Waals surface area contributed by atoms with Crippen LogP contribution in [0, 0.1) is 0 Å². The first-order chi connectivity index (χ1) is 14.3. The lowest BCUT2D eigenvalue weighted by Gasteiger charge is -2.22. The van der Waals surface area contributed by atoms with Crippen LogP contribution in [-0.2, 0) is 4.79 Å². The van der Waals surface area contributed by atoms with Crippen molar-refractivity contribution in [3.05, 3.63) is 72.3 Å². The summed E-state index contributed by atoms with van der Waals surface area (Å²) in [6.45, 7) is 7.63. The Hall–Kier alpha value is -3.34. The van der Waals surface area contributed by atoms with Gasteiger partial charge < -0.3 is 15.4 Å². The topological polar surface area (TPSA) is 67.4 Å². The van der Waals surface area contributed by atoms with E-state index in [-0.39, 0.29) is 17.4 Å². The highest BCUT2D eigenvalue weighted by atomic mass is 16.5. The molecule has 3 aromatic carbocycles. The second-order valence-corrected chi connectivity index (χ2v) is 8.26. The fourth-order valence-electron chi connectivity index (χ4n) is 3.14. The van der Waals surface area contributed by atoms with Crippen LogP contribution in [-0.4, -0.2) is 23.5 Å². The Balaban J connectivity index is 1.76. The van der Waals surface area contributed by atoms with Gasteiger partial charge in [-0.15, -0.1) is 0 Å². The molecular formula is C25H28N2O3. The normalized spacial score (nSPS) is 12.3. The number of hydrogen-bond acceptors (Lipinski definition) is 3. The van der Waals surface area contributed by atoms with Crippen molar-refractivity contribution in [3.63, 3.8) is 0 Å². The Morgan fingerprint density at radius 1 is 0.933 bits per heavy atom. The molecule has 0 aliphatic rings. The zero-order valence-corrected chi connectivity index (χ0v) is 17.9. The van der Waals surface area contributed by atoms with Gasteiger partial charge in [-0.3, -0.25) is 9.59 Å². The lowest BCUT2D eigenvalue weighted by atomic mass is 10.1. The molecule has 2 amide bonds. The summed E-state index contributed by atoms with van der Waals surface area (Å²) in [5.41, 5.74) is 0.505. The molecule has 1 atom stereocenters. The van der Waals surface area contributed by atoms with Crippen LogP contribution in [0.25, 0.3) is 10.8 Å². The molecule has 3 rings (SSSR count). The molecule has 0 aliphatic carbocycles. The van der Waals surface area contributed by atoms with Gasteiger partial charge in [-0.05, 0) is 62.2 Å². The van der Waals surface area contributed by atoms with Gasteiger partial charge in [0.05, 0.1) is 11.3 Å². The number of amides is 2. The Labute approximate surface area is 177 Å². The summed E-state index contributed by atoms with van der Waals surface area (Å²) in [5, 5.41) is 7.95. The van der Waals surface area contributed by atoms with Gasteiger partial charge in [0.2, 0.25) is 0 Å². The predicted octanol–water partition coefficient (Wildman–Crippen LogP) is 5.16. The van der Waals surface area contributed by atoms with E-state index in [0.717, 1.165) is 10.8 Å². The van der Waals surface area contributed by atoms with Crippen molar-refractivity contribution in [2.24, 2.45) is 0 Å². The van der Waals surface area contributed by atoms with E-state index in [1.165, 1.54) is 0 Å². The first-order valence-corrected chi connectivity index (χ1v) is 10.1. The number of carbonyl (C=O) groups excluding carboxylic acids is 2. The van der Waals surface area contributed by atoms with E-state index in [1.54, 1.807) is 24.3 Å². The number of nitrogens with one attached hydrogen (secondary N) is 2. The number of ether oxygens (including phenoxy) is 1. The number of para-hydroxylation sites is 1. The maximum Gasteiger partial charge on any atom is 0.265 e. The van der Waals surface area contributed by atoms with Crippen LogP contribution in [0.4, 0.5) is 5.69 Å². The van der Waals surface area contributed by atoms with Gasteiger partial charge in [0.15, 0.2) is 6.10 Å². The molecule has 0 saturated carbocycles. The van der Waals surface area contributed by atoms with Gasteiger partial charge in [0, 0.05) is 5.54 Å². The van der Waals surface area contributed by atoms with E-state index >= 15 is 0 Å². The van der Waals surface area contributed by atoms with Crippen molar-refractivity contribution in [1.82, 2.24) is 5.32 Å². The fourth-order valence-corrected chi connectivity index (χ4v) is 3.14. The van der Waals surface area contributed by atoms with Crippen LogP contribution in [0.15, 0.2) is 66.7 Å². The van der Waals surface area contributed by atoms with Gasteiger partial charge in [-0.1, -0.05) is 49.4 Å². The van der Waals surface area contributed by atoms with Crippen LogP contribution in [0.3, 0.4) is 0 Å². The van der Waals surface area contributed by atoms with Crippen molar-refractivity contribution >= 4 is 28.3 Å². The van der Waals surface area contributed by atoms with Crippen LogP contribution < -0.4 is 15.4 Å². The fraction of sp³-hybridized carbons (Fsp3) is 0.280. The van der Waals surface area contributed by atoms with Gasteiger partial charge in [0.1, 0.15) is 5.75 Å². The SMILES string of the molecule is CC[C@@H](Oc1ccc2ccccc2c1)C(=O)Nc1ccccc1C(=O)NC(C)(C)C. The molecule has 5 nitrogen and oxygen atoms in total. The lowest BCUT2D eigenvalue weighted by Crippen LogP contribution is -2.41. The van der Waals surface area contributed by atoms with E-state index in [0.29, 0.717) is 23.4 Å². The quantitative estimate of drug-likeness (QED) is 0.596. The molecule has 3 aromatic rings. The van der Waals surface area contributed by atoms with Gasteiger partial charge in [-0.25, -0.2) is 0 Å². The van der Waals surface area contributed by atoms with Gasteiger partial charge >= 0.3 is 0 Å². The highest BCUT2D eigenvalue weighted by molar-refractivity contribution is 6.04. The van der Waals surface area contributed by atoms with Crippen LogP contribution in [0.5, 0.6) is 5.75 Å². The second-order valence-electron chi connectivity index (χ2n) is 8.26. The van der Waals surface area contributed by atoms with Crippen LogP contribution in [0.1, 0.15) is 44.5 Å². The van der Waals surface area contributed by atoms with Crippen molar-refractivity contribution in [1.29, 1.82) is 0 Å². The van der Waals surface area contributed by atoms with Crippen LogP contribution >= 0.6 is 0 Å². The summed E-state index contributed by atoms with van der Waals surface area (Å²) >= 11 is 0. The number of anilines is 1. The first-order valence-electron chi connectivity index (χ1n) is 10.1. The third kappa shape index (κ3) is 5.38. The van der Waals surface area contributed by atoms with E-state index in [1.807, 2.05) is 70.2 Å². The van der Waals surface area contributed by atoms with Crippen molar-refractivity contribution in [2.75, 3.05) is 5.32 Å². The maximum absolute atomic E-state index is 12.9. The van der Waals surface area contributed by atoms with Crippen molar-refractivity contribution in [3.8, 4) is 5.75 Å². The molecule has 2 N–H and O–H groups in total. The molecule has 5 heteroatoms. The summed E-state index contributed by atoms with van der Waals surface area (Å²) in [6.07, 6.45) is -0.181. The average molecular weight is 405 g/mol. The molecule has 0 aromatic heterocycles. The zero-order valence-electron chi connectivity index (χ0n) is 17.9. The number of benzene rings is 3. The van der Waals surface area contributed by atoms with Gasteiger partial charge in [0.25, 0.3) is 11.8 Å². The zero-order chi connectivity index (χ0) is 21.7. The molecule has 0 fully saturated rings. The molecule has 0 bridgehead atoms. The summed E-state index contributed by atoms with van der Waals surface area (Å²) in [7, 11) is 0. The van der Waals surface area contributed by atoms with E-state index < -0.39 is 6.10 Å². The Kier molecular flexibility index (Phi) is 6.40. The number of carbonyl (C=O) groups is 2. The summed E-state index contributed by atoms with van der Waals surface area (Å²) in [6, 6.07) is 20.7. The average Bonchev–Trinajstić information content (AvgIpc) is 2.71. The van der Waals surface area contributed by atoms with Crippen molar-refractivity contribution in [2.45, 2.75) is 45.8 Å². The first kappa shape index (κ1) is 21.4. The predicted molar refractivity (Wildman–Crippen MR) is 121 cm³/mol. The molecule has 30 heavy (non-hydrogen) atoms. The minimum Gasteiger partial charge on any atom is -0.481 e. The highest BCUT2D eigenvalue weighted by Gasteiger charge is 2.22.